The molecular weight excluding hydrogens is 367 g/mol. The fraction of sp³-hybridized carbons (Fsp3) is 0.350. The van der Waals surface area contributed by atoms with Gasteiger partial charge in [0.05, 0.1) is 4.90 Å². The third-order valence-corrected chi connectivity index (χ3v) is 6.35. The first kappa shape index (κ1) is 19.5. The van der Waals surface area contributed by atoms with E-state index in [1.807, 2.05) is 0 Å². The maximum absolute atomic E-state index is 13.1. The summed E-state index contributed by atoms with van der Waals surface area (Å²) in [6, 6.07) is 12.1. The Morgan fingerprint density at radius 1 is 1.11 bits per heavy atom. The van der Waals surface area contributed by atoms with Crippen LogP contribution in [0.2, 0.25) is 0 Å². The third kappa shape index (κ3) is 5.14. The Hall–Kier alpha value is -2.25. The highest BCUT2D eigenvalue weighted by Gasteiger charge is 2.31. The maximum atomic E-state index is 13.1. The van der Waals surface area contributed by atoms with Crippen molar-refractivity contribution in [3.05, 3.63) is 59.9 Å². The van der Waals surface area contributed by atoms with Crippen molar-refractivity contribution < 1.29 is 17.6 Å². The molecule has 0 atom stereocenters. The lowest BCUT2D eigenvalue weighted by atomic mass is 10.2. The van der Waals surface area contributed by atoms with Crippen LogP contribution in [0.5, 0.6) is 0 Å². The Morgan fingerprint density at radius 2 is 1.74 bits per heavy atom. The van der Waals surface area contributed by atoms with Gasteiger partial charge in [-0.1, -0.05) is 19.1 Å². The molecule has 3 rings (SSSR count). The summed E-state index contributed by atoms with van der Waals surface area (Å²) in [5, 5.41) is 2.70. The number of carbonyl (C=O) groups excluding carboxylic acids is 1. The molecule has 7 heteroatoms. The first-order valence-electron chi connectivity index (χ1n) is 9.03. The molecule has 5 nitrogen and oxygen atoms in total. The largest absolute Gasteiger partial charge is 0.326 e. The van der Waals surface area contributed by atoms with Gasteiger partial charge in [-0.25, -0.2) is 12.8 Å². The number of halogens is 1. The lowest BCUT2D eigenvalue weighted by Gasteiger charge is -2.22. The number of carbonyl (C=O) groups is 1. The summed E-state index contributed by atoms with van der Waals surface area (Å²) in [6.07, 6.45) is 2.40. The van der Waals surface area contributed by atoms with E-state index in [9.17, 15) is 17.6 Å². The van der Waals surface area contributed by atoms with Crippen LogP contribution in [0.25, 0.3) is 0 Å². The number of amides is 1. The van der Waals surface area contributed by atoms with Gasteiger partial charge >= 0.3 is 0 Å². The van der Waals surface area contributed by atoms with Gasteiger partial charge in [0.15, 0.2) is 0 Å². The van der Waals surface area contributed by atoms with E-state index in [1.165, 1.54) is 28.6 Å². The van der Waals surface area contributed by atoms with Crippen LogP contribution in [0.1, 0.15) is 31.7 Å². The number of hydrogen-bond donors (Lipinski definition) is 1. The molecule has 144 valence electrons. The smallest absolute Gasteiger partial charge is 0.243 e. The lowest BCUT2D eigenvalue weighted by molar-refractivity contribution is -0.115. The van der Waals surface area contributed by atoms with Crippen molar-refractivity contribution in [2.75, 3.05) is 11.9 Å². The summed E-state index contributed by atoms with van der Waals surface area (Å²) >= 11 is 0. The van der Waals surface area contributed by atoms with E-state index in [-0.39, 0.29) is 23.2 Å². The van der Waals surface area contributed by atoms with E-state index in [0.717, 1.165) is 18.4 Å². The summed E-state index contributed by atoms with van der Waals surface area (Å²) in [6.45, 7) is 2.40. The van der Waals surface area contributed by atoms with Crippen molar-refractivity contribution in [3.63, 3.8) is 0 Å². The van der Waals surface area contributed by atoms with Gasteiger partial charge in [0, 0.05) is 25.2 Å². The van der Waals surface area contributed by atoms with Gasteiger partial charge in [-0.2, -0.15) is 4.31 Å². The number of sulfonamides is 1. The second-order valence-corrected chi connectivity index (χ2v) is 8.73. The van der Waals surface area contributed by atoms with Crippen LogP contribution in [-0.2, 0) is 21.4 Å². The molecule has 0 saturated heterocycles. The van der Waals surface area contributed by atoms with Gasteiger partial charge in [-0.05, 0) is 60.7 Å². The maximum Gasteiger partial charge on any atom is 0.243 e. The predicted octanol–water partition coefficient (Wildman–Crippen LogP) is 3.78. The zero-order valence-electron chi connectivity index (χ0n) is 15.2. The van der Waals surface area contributed by atoms with Gasteiger partial charge in [0.25, 0.3) is 0 Å². The van der Waals surface area contributed by atoms with Crippen molar-refractivity contribution >= 4 is 21.6 Å². The highest BCUT2D eigenvalue weighted by atomic mass is 32.2. The zero-order valence-corrected chi connectivity index (χ0v) is 16.0. The highest BCUT2D eigenvalue weighted by Crippen LogP contribution is 2.32. The first-order valence-corrected chi connectivity index (χ1v) is 10.5. The van der Waals surface area contributed by atoms with Crippen LogP contribution in [0.3, 0.4) is 0 Å². The minimum atomic E-state index is -3.69. The lowest BCUT2D eigenvalue weighted by Crippen LogP contribution is -2.32. The average Bonchev–Trinajstić information content (AvgIpc) is 3.47. The normalized spacial score (nSPS) is 14.3. The van der Waals surface area contributed by atoms with E-state index in [0.29, 0.717) is 24.6 Å². The number of hydrogen-bond acceptors (Lipinski definition) is 3. The Morgan fingerprint density at radius 3 is 2.30 bits per heavy atom. The van der Waals surface area contributed by atoms with Crippen LogP contribution < -0.4 is 5.32 Å². The van der Waals surface area contributed by atoms with Crippen molar-refractivity contribution in [3.8, 4) is 0 Å². The van der Waals surface area contributed by atoms with E-state index in [1.54, 1.807) is 31.2 Å². The van der Waals surface area contributed by atoms with E-state index in [4.69, 9.17) is 0 Å². The monoisotopic (exact) mass is 390 g/mol. The van der Waals surface area contributed by atoms with Crippen molar-refractivity contribution in [2.24, 2.45) is 5.92 Å². The van der Waals surface area contributed by atoms with E-state index in [2.05, 4.69) is 5.32 Å². The fourth-order valence-electron chi connectivity index (χ4n) is 2.74. The molecule has 1 aliphatic rings. The number of nitrogens with one attached hydrogen (secondary N) is 1. The summed E-state index contributed by atoms with van der Waals surface area (Å²) in [7, 11) is -3.69. The van der Waals surface area contributed by atoms with Crippen molar-refractivity contribution in [1.82, 2.24) is 4.31 Å². The molecule has 1 saturated carbocycles. The van der Waals surface area contributed by atoms with Gasteiger partial charge in [-0.15, -0.1) is 0 Å². The van der Waals surface area contributed by atoms with E-state index < -0.39 is 10.0 Å². The Labute approximate surface area is 159 Å². The Kier molecular flexibility index (Phi) is 5.92. The topological polar surface area (TPSA) is 66.5 Å². The molecule has 0 radical (unpaired) electrons. The molecule has 2 aromatic carbocycles. The predicted molar refractivity (Wildman–Crippen MR) is 102 cm³/mol. The summed E-state index contributed by atoms with van der Waals surface area (Å²) in [4.78, 5) is 11.6. The molecule has 1 fully saturated rings. The molecule has 27 heavy (non-hydrogen) atoms. The molecule has 0 bridgehead atoms. The van der Waals surface area contributed by atoms with Crippen molar-refractivity contribution in [2.45, 2.75) is 37.6 Å². The standard InChI is InChI=1S/C20H23FN2O3S/c1-2-20(24)22-18-9-11-19(12-10-18)27(25,26)23(13-15-3-4-15)14-16-5-7-17(21)8-6-16/h5-12,15H,2-4,13-14H2,1H3,(H,22,24). The minimum absolute atomic E-state index is 0.128. The van der Waals surface area contributed by atoms with E-state index >= 15 is 0 Å². The van der Waals surface area contributed by atoms with Crippen LogP contribution in [-0.4, -0.2) is 25.2 Å². The second-order valence-electron chi connectivity index (χ2n) is 6.79. The van der Waals surface area contributed by atoms with Crippen LogP contribution in [0, 0.1) is 11.7 Å². The Bertz CT molecular complexity index is 892. The molecule has 1 amide bonds. The SMILES string of the molecule is CCC(=O)Nc1ccc(S(=O)(=O)N(Cc2ccc(F)cc2)CC2CC2)cc1. The number of nitrogens with zero attached hydrogens (tertiary/aromatic N) is 1. The minimum Gasteiger partial charge on any atom is -0.326 e. The summed E-state index contributed by atoms with van der Waals surface area (Å²) in [5.41, 5.74) is 1.31. The van der Waals surface area contributed by atoms with Gasteiger partial charge in [0.1, 0.15) is 5.82 Å². The molecule has 1 aliphatic carbocycles. The quantitative estimate of drug-likeness (QED) is 0.746. The fourth-order valence-corrected chi connectivity index (χ4v) is 4.24. The molecule has 0 aliphatic heterocycles. The molecular formula is C20H23FN2O3S. The van der Waals surface area contributed by atoms with Crippen LogP contribution >= 0.6 is 0 Å². The van der Waals surface area contributed by atoms with Crippen LogP contribution in [0.4, 0.5) is 10.1 Å². The molecule has 2 aromatic rings. The number of benzene rings is 2. The second kappa shape index (κ2) is 8.19. The summed E-state index contributed by atoms with van der Waals surface area (Å²) < 4.78 is 40.8. The van der Waals surface area contributed by atoms with Crippen LogP contribution in [0.15, 0.2) is 53.4 Å². The Balaban J connectivity index is 1.81. The number of anilines is 1. The van der Waals surface area contributed by atoms with Gasteiger partial charge in [-0.3, -0.25) is 4.79 Å². The zero-order chi connectivity index (χ0) is 19.4. The van der Waals surface area contributed by atoms with Gasteiger partial charge < -0.3 is 5.32 Å². The molecule has 1 N–H and O–H groups in total. The first-order chi connectivity index (χ1) is 12.9. The molecule has 0 unspecified atom stereocenters. The molecule has 0 heterocycles. The highest BCUT2D eigenvalue weighted by molar-refractivity contribution is 7.89. The van der Waals surface area contributed by atoms with Gasteiger partial charge in [0.2, 0.25) is 15.9 Å². The third-order valence-electron chi connectivity index (χ3n) is 4.53. The molecule has 0 aromatic heterocycles. The van der Waals surface area contributed by atoms with Crippen molar-refractivity contribution in [1.29, 1.82) is 0 Å². The average molecular weight is 390 g/mol. The molecule has 0 spiro atoms. The number of rotatable bonds is 8. The summed E-state index contributed by atoms with van der Waals surface area (Å²) in [5.74, 6) is -0.0966.